The van der Waals surface area contributed by atoms with E-state index in [0.29, 0.717) is 29.2 Å². The van der Waals surface area contributed by atoms with Crippen LogP contribution in [-0.2, 0) is 0 Å². The number of pyridine rings is 1. The Morgan fingerprint density at radius 2 is 1.86 bits per heavy atom. The summed E-state index contributed by atoms with van der Waals surface area (Å²) in [5.41, 5.74) is 2.36. The van der Waals surface area contributed by atoms with E-state index in [-0.39, 0.29) is 11.9 Å². The zero-order valence-electron chi connectivity index (χ0n) is 20.4. The first-order valence-corrected chi connectivity index (χ1v) is 12.1. The van der Waals surface area contributed by atoms with Crippen LogP contribution in [0.1, 0.15) is 56.5 Å². The highest BCUT2D eigenvalue weighted by Crippen LogP contribution is 2.36. The molecule has 6 nitrogen and oxygen atoms in total. The number of halogens is 1. The molecule has 3 aromatic rings. The van der Waals surface area contributed by atoms with Crippen LogP contribution in [-0.4, -0.2) is 30.8 Å². The van der Waals surface area contributed by atoms with Gasteiger partial charge in [-0.2, -0.15) is 5.26 Å². The van der Waals surface area contributed by atoms with Crippen LogP contribution in [0.15, 0.2) is 54.6 Å². The van der Waals surface area contributed by atoms with Crippen molar-refractivity contribution < 1.29 is 13.9 Å². The van der Waals surface area contributed by atoms with E-state index >= 15 is 4.39 Å². The second kappa shape index (κ2) is 11.1. The highest BCUT2D eigenvalue weighted by atomic mass is 19.1. The molecule has 7 heteroatoms. The highest BCUT2D eigenvalue weighted by molar-refractivity contribution is 5.54. The number of rotatable bonds is 9. The fraction of sp³-hybridized carbons (Fsp3) is 0.357. The van der Waals surface area contributed by atoms with Gasteiger partial charge in [0.2, 0.25) is 0 Å². The van der Waals surface area contributed by atoms with Crippen molar-refractivity contribution in [1.29, 1.82) is 5.26 Å². The predicted molar refractivity (Wildman–Crippen MR) is 136 cm³/mol. The van der Waals surface area contributed by atoms with Crippen molar-refractivity contribution in [3.05, 3.63) is 77.2 Å². The SMILES string of the molecule is CCOc1cc(OC(C)C)c(F)c(C(Nc2ccc(C#N)cc2)c2cccc(N3CCCC3)n2)c1. The number of hydrogen-bond donors (Lipinski definition) is 1. The van der Waals surface area contributed by atoms with Crippen molar-refractivity contribution in [3.63, 3.8) is 0 Å². The Hall–Kier alpha value is -3.79. The Morgan fingerprint density at radius 3 is 2.51 bits per heavy atom. The van der Waals surface area contributed by atoms with Gasteiger partial charge in [-0.15, -0.1) is 0 Å². The summed E-state index contributed by atoms with van der Waals surface area (Å²) in [6.07, 6.45) is 2.08. The topological polar surface area (TPSA) is 70.4 Å². The third-order valence-corrected chi connectivity index (χ3v) is 5.83. The van der Waals surface area contributed by atoms with Crippen molar-refractivity contribution in [2.75, 3.05) is 29.9 Å². The molecule has 2 heterocycles. The smallest absolute Gasteiger partial charge is 0.171 e. The fourth-order valence-corrected chi connectivity index (χ4v) is 4.23. The lowest BCUT2D eigenvalue weighted by Gasteiger charge is -2.25. The zero-order chi connectivity index (χ0) is 24.8. The number of nitriles is 1. The van der Waals surface area contributed by atoms with Gasteiger partial charge in [0.15, 0.2) is 11.6 Å². The summed E-state index contributed by atoms with van der Waals surface area (Å²) in [6.45, 7) is 7.98. The molecule has 0 aliphatic carbocycles. The number of ether oxygens (including phenoxy) is 2. The minimum atomic E-state index is -0.611. The lowest BCUT2D eigenvalue weighted by atomic mass is 10.0. The van der Waals surface area contributed by atoms with Gasteiger partial charge in [-0.1, -0.05) is 6.07 Å². The van der Waals surface area contributed by atoms with Gasteiger partial charge < -0.3 is 19.7 Å². The molecular weight excluding hydrogens is 443 g/mol. The average molecular weight is 475 g/mol. The number of nitrogens with zero attached hydrogens (tertiary/aromatic N) is 3. The molecule has 0 spiro atoms. The zero-order valence-corrected chi connectivity index (χ0v) is 20.4. The molecule has 1 aliphatic rings. The van der Waals surface area contributed by atoms with E-state index in [2.05, 4.69) is 16.3 Å². The Labute approximate surface area is 206 Å². The van der Waals surface area contributed by atoms with Crippen LogP contribution in [0.25, 0.3) is 0 Å². The Morgan fingerprint density at radius 1 is 1.11 bits per heavy atom. The molecule has 1 saturated heterocycles. The summed E-state index contributed by atoms with van der Waals surface area (Å²) in [7, 11) is 0. The highest BCUT2D eigenvalue weighted by Gasteiger charge is 2.25. The van der Waals surface area contributed by atoms with Crippen LogP contribution in [0.4, 0.5) is 15.9 Å². The number of benzene rings is 2. The van der Waals surface area contributed by atoms with E-state index in [1.807, 2.05) is 51.1 Å². The number of nitrogens with one attached hydrogen (secondary N) is 1. The van der Waals surface area contributed by atoms with E-state index < -0.39 is 11.9 Å². The van der Waals surface area contributed by atoms with Crippen molar-refractivity contribution in [3.8, 4) is 17.6 Å². The third-order valence-electron chi connectivity index (χ3n) is 5.83. The van der Waals surface area contributed by atoms with Crippen LogP contribution in [0.5, 0.6) is 11.5 Å². The van der Waals surface area contributed by atoms with Gasteiger partial charge in [0.1, 0.15) is 11.6 Å². The monoisotopic (exact) mass is 474 g/mol. The molecule has 0 saturated carbocycles. The van der Waals surface area contributed by atoms with Crippen LogP contribution in [0, 0.1) is 17.1 Å². The van der Waals surface area contributed by atoms with Crippen molar-refractivity contribution in [2.45, 2.75) is 45.8 Å². The molecule has 1 atom stereocenters. The van der Waals surface area contributed by atoms with Crippen LogP contribution in [0.2, 0.25) is 0 Å². The lowest BCUT2D eigenvalue weighted by Crippen LogP contribution is -2.21. The molecule has 182 valence electrons. The Balaban J connectivity index is 1.81. The average Bonchev–Trinajstić information content (AvgIpc) is 3.40. The van der Waals surface area contributed by atoms with E-state index in [9.17, 15) is 0 Å². The summed E-state index contributed by atoms with van der Waals surface area (Å²) < 4.78 is 27.5. The molecule has 1 aliphatic heterocycles. The largest absolute Gasteiger partial charge is 0.494 e. The minimum absolute atomic E-state index is 0.142. The maximum Gasteiger partial charge on any atom is 0.171 e. The standard InChI is InChI=1S/C28H31FN4O2/c1-4-34-22-16-23(27(29)25(17-22)35-19(2)3)28(31-21-12-10-20(18-30)11-13-21)24-8-7-9-26(32-24)33-14-5-6-15-33/h7-13,16-17,19,28,31H,4-6,14-15H2,1-3H3. The van der Waals surface area contributed by atoms with E-state index in [4.69, 9.17) is 19.7 Å². The maximum absolute atomic E-state index is 15.9. The van der Waals surface area contributed by atoms with Gasteiger partial charge in [-0.05, 0) is 76.1 Å². The second-order valence-corrected chi connectivity index (χ2v) is 8.81. The van der Waals surface area contributed by atoms with Gasteiger partial charge in [-0.3, -0.25) is 0 Å². The van der Waals surface area contributed by atoms with Gasteiger partial charge >= 0.3 is 0 Å². The minimum Gasteiger partial charge on any atom is -0.494 e. The first-order chi connectivity index (χ1) is 17.0. The van der Waals surface area contributed by atoms with Crippen molar-refractivity contribution in [2.24, 2.45) is 0 Å². The normalized spacial score (nSPS) is 14.0. The van der Waals surface area contributed by atoms with Crippen molar-refractivity contribution in [1.82, 2.24) is 4.98 Å². The summed E-state index contributed by atoms with van der Waals surface area (Å²) in [4.78, 5) is 7.18. The molecule has 1 unspecified atom stereocenters. The Bertz CT molecular complexity index is 1180. The second-order valence-electron chi connectivity index (χ2n) is 8.81. The summed E-state index contributed by atoms with van der Waals surface area (Å²) in [6, 6.07) is 17.7. The number of anilines is 2. The fourth-order valence-electron chi connectivity index (χ4n) is 4.23. The van der Waals surface area contributed by atoms with E-state index in [1.54, 1.807) is 24.3 Å². The molecule has 0 amide bonds. The van der Waals surface area contributed by atoms with E-state index in [0.717, 1.165) is 37.4 Å². The van der Waals surface area contributed by atoms with Gasteiger partial charge in [0, 0.05) is 30.4 Å². The summed E-state index contributed by atoms with van der Waals surface area (Å²) in [5.74, 6) is 1.10. The quantitative estimate of drug-likeness (QED) is 0.405. The van der Waals surface area contributed by atoms with Gasteiger partial charge in [0.05, 0.1) is 36.1 Å². The predicted octanol–water partition coefficient (Wildman–Crippen LogP) is 6.08. The molecular formula is C28H31FN4O2. The Kier molecular flexibility index (Phi) is 7.71. The maximum atomic E-state index is 15.9. The van der Waals surface area contributed by atoms with Crippen molar-refractivity contribution >= 4 is 11.5 Å². The number of hydrogen-bond acceptors (Lipinski definition) is 6. The van der Waals surface area contributed by atoms with Gasteiger partial charge in [0.25, 0.3) is 0 Å². The van der Waals surface area contributed by atoms with E-state index in [1.165, 1.54) is 0 Å². The van der Waals surface area contributed by atoms with Crippen LogP contribution in [0.3, 0.4) is 0 Å². The summed E-state index contributed by atoms with van der Waals surface area (Å²) >= 11 is 0. The third kappa shape index (κ3) is 5.83. The number of aromatic nitrogens is 1. The first-order valence-electron chi connectivity index (χ1n) is 12.1. The molecule has 35 heavy (non-hydrogen) atoms. The first kappa shape index (κ1) is 24.3. The molecule has 2 aromatic carbocycles. The van der Waals surface area contributed by atoms with Crippen LogP contribution < -0.4 is 19.7 Å². The lowest BCUT2D eigenvalue weighted by molar-refractivity contribution is 0.228. The molecule has 0 radical (unpaired) electrons. The molecule has 0 bridgehead atoms. The molecule has 4 rings (SSSR count). The molecule has 1 N–H and O–H groups in total. The van der Waals surface area contributed by atoms with Gasteiger partial charge in [-0.25, -0.2) is 9.37 Å². The molecule has 1 fully saturated rings. The van der Waals surface area contributed by atoms with Crippen LogP contribution >= 0.6 is 0 Å². The molecule has 1 aromatic heterocycles. The summed E-state index contributed by atoms with van der Waals surface area (Å²) in [5, 5.41) is 12.6.